The summed E-state index contributed by atoms with van der Waals surface area (Å²) in [5.74, 6) is -0.209. The molecule has 0 radical (unpaired) electrons. The minimum absolute atomic E-state index is 0.00789. The van der Waals surface area contributed by atoms with Gasteiger partial charge in [-0.1, -0.05) is 25.1 Å². The van der Waals surface area contributed by atoms with Gasteiger partial charge in [0.05, 0.1) is 0 Å². The number of hydrogen-bond acceptors (Lipinski definition) is 5. The molecule has 0 unspecified atom stereocenters. The lowest BCUT2D eigenvalue weighted by atomic mass is 10.2. The zero-order valence-electron chi connectivity index (χ0n) is 14.2. The predicted octanol–water partition coefficient (Wildman–Crippen LogP) is 2.42. The van der Waals surface area contributed by atoms with Gasteiger partial charge in [-0.25, -0.2) is 0 Å². The second-order valence-corrected chi connectivity index (χ2v) is 6.51. The molecule has 0 saturated heterocycles. The highest BCUT2D eigenvalue weighted by Gasteiger charge is 2.05. The van der Waals surface area contributed by atoms with Gasteiger partial charge in [-0.2, -0.15) is 0 Å². The van der Waals surface area contributed by atoms with Crippen LogP contribution in [0.25, 0.3) is 6.08 Å². The van der Waals surface area contributed by atoms with Crippen LogP contribution in [0.5, 0.6) is 5.75 Å². The van der Waals surface area contributed by atoms with E-state index in [1.165, 1.54) is 23.0 Å². The molecule has 0 atom stereocenters. The van der Waals surface area contributed by atoms with Crippen LogP contribution < -0.4 is 20.9 Å². The van der Waals surface area contributed by atoms with Gasteiger partial charge in [-0.05, 0) is 53.9 Å². The molecule has 136 valence electrons. The van der Waals surface area contributed by atoms with E-state index < -0.39 is 11.8 Å². The van der Waals surface area contributed by atoms with Crippen LogP contribution in [0.4, 0.5) is 0 Å². The van der Waals surface area contributed by atoms with Crippen molar-refractivity contribution in [3.05, 3.63) is 58.3 Å². The summed E-state index contributed by atoms with van der Waals surface area (Å²) in [6.45, 7) is 1.89. The van der Waals surface area contributed by atoms with Crippen molar-refractivity contribution in [1.82, 2.24) is 16.2 Å². The molecule has 1 heterocycles. The predicted molar refractivity (Wildman–Crippen MR) is 107 cm³/mol. The molecule has 8 heteroatoms. The van der Waals surface area contributed by atoms with Crippen LogP contribution in [0.3, 0.4) is 0 Å². The number of hydrazine groups is 1. The molecule has 0 saturated carbocycles. The number of thiophene rings is 1. The standard InChI is InChI=1S/C18H19N3O3S2/c1-2-13-5-7-14(8-6-13)24-12-17(23)20-21-18(25)19-16(22)10-9-15-4-3-11-26-15/h3-11H,2,12H2,1H3,(H,20,23)(H2,19,21,22,25). The third kappa shape index (κ3) is 7.04. The number of amides is 2. The summed E-state index contributed by atoms with van der Waals surface area (Å²) in [5.41, 5.74) is 6.00. The molecule has 2 aromatic rings. The molecule has 0 aliphatic heterocycles. The molecule has 2 amide bonds. The smallest absolute Gasteiger partial charge is 0.276 e. The van der Waals surface area contributed by atoms with Crippen molar-refractivity contribution >= 4 is 46.6 Å². The second-order valence-electron chi connectivity index (χ2n) is 5.13. The van der Waals surface area contributed by atoms with Gasteiger partial charge in [-0.15, -0.1) is 11.3 Å². The molecule has 0 bridgehead atoms. The van der Waals surface area contributed by atoms with Crippen molar-refractivity contribution in [2.24, 2.45) is 0 Å². The quantitative estimate of drug-likeness (QED) is 0.402. The maximum Gasteiger partial charge on any atom is 0.276 e. The van der Waals surface area contributed by atoms with E-state index >= 15 is 0 Å². The van der Waals surface area contributed by atoms with Gasteiger partial charge in [-0.3, -0.25) is 25.8 Å². The second kappa shape index (κ2) is 10.3. The van der Waals surface area contributed by atoms with Crippen LogP contribution in [0.2, 0.25) is 0 Å². The number of hydrogen-bond donors (Lipinski definition) is 3. The Bertz CT molecular complexity index is 771. The molecule has 2 rings (SSSR count). The molecule has 3 N–H and O–H groups in total. The van der Waals surface area contributed by atoms with Crippen LogP contribution in [-0.4, -0.2) is 23.5 Å². The van der Waals surface area contributed by atoms with E-state index in [1.54, 1.807) is 6.08 Å². The number of benzene rings is 1. The molecule has 0 spiro atoms. The maximum atomic E-state index is 11.7. The molecule has 1 aromatic carbocycles. The Labute approximate surface area is 161 Å². The van der Waals surface area contributed by atoms with E-state index in [0.29, 0.717) is 5.75 Å². The molecule has 0 aliphatic rings. The SMILES string of the molecule is CCc1ccc(OCC(=O)NNC(=S)NC(=O)C=Cc2cccs2)cc1. The fourth-order valence-electron chi connectivity index (χ4n) is 1.86. The Morgan fingerprint density at radius 2 is 1.96 bits per heavy atom. The maximum absolute atomic E-state index is 11.7. The Kier molecular flexibility index (Phi) is 7.78. The Balaban J connectivity index is 1.66. The number of ether oxygens (including phenoxy) is 1. The highest BCUT2D eigenvalue weighted by molar-refractivity contribution is 7.80. The van der Waals surface area contributed by atoms with Crippen LogP contribution >= 0.6 is 23.6 Å². The lowest BCUT2D eigenvalue weighted by Crippen LogP contribution is -2.49. The van der Waals surface area contributed by atoms with E-state index in [-0.39, 0.29) is 11.7 Å². The van der Waals surface area contributed by atoms with Crippen molar-refractivity contribution in [3.8, 4) is 5.75 Å². The summed E-state index contributed by atoms with van der Waals surface area (Å²) in [4.78, 5) is 24.4. The first-order valence-corrected chi connectivity index (χ1v) is 9.18. The number of carbonyl (C=O) groups excluding carboxylic acids is 2. The average Bonchev–Trinajstić information content (AvgIpc) is 3.17. The van der Waals surface area contributed by atoms with E-state index in [2.05, 4.69) is 23.1 Å². The third-order valence-electron chi connectivity index (χ3n) is 3.20. The summed E-state index contributed by atoms with van der Waals surface area (Å²) in [6.07, 6.45) is 3.99. The molecular formula is C18H19N3O3S2. The minimum Gasteiger partial charge on any atom is -0.484 e. The van der Waals surface area contributed by atoms with Crippen LogP contribution in [0.1, 0.15) is 17.4 Å². The number of rotatable bonds is 6. The van der Waals surface area contributed by atoms with Crippen LogP contribution in [0, 0.1) is 0 Å². The van der Waals surface area contributed by atoms with E-state index in [9.17, 15) is 9.59 Å². The van der Waals surface area contributed by atoms with Crippen molar-refractivity contribution in [3.63, 3.8) is 0 Å². The van der Waals surface area contributed by atoms with Gasteiger partial charge in [0, 0.05) is 11.0 Å². The minimum atomic E-state index is -0.421. The van der Waals surface area contributed by atoms with Gasteiger partial charge < -0.3 is 4.74 Å². The number of nitrogens with one attached hydrogen (secondary N) is 3. The Morgan fingerprint density at radius 3 is 2.62 bits per heavy atom. The third-order valence-corrected chi connectivity index (χ3v) is 4.24. The fourth-order valence-corrected chi connectivity index (χ4v) is 2.63. The van der Waals surface area contributed by atoms with E-state index in [0.717, 1.165) is 11.3 Å². The van der Waals surface area contributed by atoms with Gasteiger partial charge in [0.1, 0.15) is 5.75 Å². The van der Waals surface area contributed by atoms with Crippen LogP contribution in [-0.2, 0) is 16.0 Å². The van der Waals surface area contributed by atoms with Gasteiger partial charge >= 0.3 is 0 Å². The zero-order chi connectivity index (χ0) is 18.8. The highest BCUT2D eigenvalue weighted by Crippen LogP contribution is 2.12. The van der Waals surface area contributed by atoms with Crippen molar-refractivity contribution in [2.45, 2.75) is 13.3 Å². The van der Waals surface area contributed by atoms with Gasteiger partial charge in [0.2, 0.25) is 5.91 Å². The normalized spacial score (nSPS) is 10.3. The highest BCUT2D eigenvalue weighted by atomic mass is 32.1. The number of aryl methyl sites for hydroxylation is 1. The molecule has 1 aromatic heterocycles. The monoisotopic (exact) mass is 389 g/mol. The lowest BCUT2D eigenvalue weighted by molar-refractivity contribution is -0.123. The zero-order valence-corrected chi connectivity index (χ0v) is 15.8. The lowest BCUT2D eigenvalue weighted by Gasteiger charge is -2.10. The molecule has 6 nitrogen and oxygen atoms in total. The van der Waals surface area contributed by atoms with Crippen molar-refractivity contribution < 1.29 is 14.3 Å². The van der Waals surface area contributed by atoms with Gasteiger partial charge in [0.25, 0.3) is 5.91 Å². The van der Waals surface area contributed by atoms with Crippen LogP contribution in [0.15, 0.2) is 47.9 Å². The molecule has 0 fully saturated rings. The summed E-state index contributed by atoms with van der Waals surface area (Å²) >= 11 is 6.46. The first-order valence-electron chi connectivity index (χ1n) is 7.90. The number of carbonyl (C=O) groups is 2. The van der Waals surface area contributed by atoms with E-state index in [1.807, 2.05) is 41.8 Å². The molecular weight excluding hydrogens is 370 g/mol. The first kappa shape index (κ1) is 19.6. The summed E-state index contributed by atoms with van der Waals surface area (Å²) in [6, 6.07) is 11.3. The van der Waals surface area contributed by atoms with Crippen molar-refractivity contribution in [1.29, 1.82) is 0 Å². The Hall–Kier alpha value is -2.71. The van der Waals surface area contributed by atoms with Crippen molar-refractivity contribution in [2.75, 3.05) is 6.61 Å². The van der Waals surface area contributed by atoms with E-state index in [4.69, 9.17) is 17.0 Å². The summed E-state index contributed by atoms with van der Waals surface area (Å²) in [5, 5.41) is 4.34. The Morgan fingerprint density at radius 1 is 1.19 bits per heavy atom. The summed E-state index contributed by atoms with van der Waals surface area (Å²) < 4.78 is 5.37. The first-order chi connectivity index (χ1) is 12.6. The molecule has 0 aliphatic carbocycles. The molecule has 26 heavy (non-hydrogen) atoms. The van der Waals surface area contributed by atoms with Gasteiger partial charge in [0.15, 0.2) is 11.7 Å². The largest absolute Gasteiger partial charge is 0.484 e. The number of thiocarbonyl (C=S) groups is 1. The summed E-state index contributed by atoms with van der Waals surface area (Å²) in [7, 11) is 0. The average molecular weight is 390 g/mol. The topological polar surface area (TPSA) is 79.5 Å². The fraction of sp³-hybridized carbons (Fsp3) is 0.167.